The molecule has 2 atom stereocenters. The van der Waals surface area contributed by atoms with Crippen molar-refractivity contribution in [3.8, 4) is 0 Å². The van der Waals surface area contributed by atoms with Crippen LogP contribution in [0.3, 0.4) is 0 Å². The van der Waals surface area contributed by atoms with Crippen LogP contribution in [-0.4, -0.2) is 33.3 Å². The van der Waals surface area contributed by atoms with Gasteiger partial charge in [-0.15, -0.1) is 0 Å². The van der Waals surface area contributed by atoms with Gasteiger partial charge in [0.1, 0.15) is 6.10 Å². The fraction of sp³-hybridized carbons (Fsp3) is 0.333. The number of alkyl halides is 1. The van der Waals surface area contributed by atoms with E-state index in [4.69, 9.17) is 0 Å². The number of hydrogen-bond donors (Lipinski definition) is 3. The molecule has 3 N–H and O–H groups in total. The quantitative estimate of drug-likeness (QED) is 0.572. The molecular weight excluding hydrogens is 302 g/mol. The highest BCUT2D eigenvalue weighted by Gasteiger charge is 2.33. The minimum atomic E-state index is -1.19. The molecule has 0 bridgehead atoms. The Labute approximate surface area is 112 Å². The van der Waals surface area contributed by atoms with E-state index in [2.05, 4.69) is 21.2 Å². The van der Waals surface area contributed by atoms with Crippen LogP contribution in [0.1, 0.15) is 28.4 Å². The Kier molecular flexibility index (Phi) is 3.79. The van der Waals surface area contributed by atoms with Gasteiger partial charge in [0.25, 0.3) is 11.7 Å². The molecule has 1 heterocycles. The summed E-state index contributed by atoms with van der Waals surface area (Å²) in [7, 11) is 0. The number of halogens is 1. The lowest BCUT2D eigenvalue weighted by molar-refractivity contribution is -0.112. The van der Waals surface area contributed by atoms with Gasteiger partial charge < -0.3 is 15.5 Å². The highest BCUT2D eigenvalue weighted by Crippen LogP contribution is 2.32. The molecule has 0 radical (unpaired) electrons. The van der Waals surface area contributed by atoms with Crippen LogP contribution in [0.4, 0.5) is 5.69 Å². The van der Waals surface area contributed by atoms with E-state index in [1.165, 1.54) is 0 Å². The molecule has 0 aliphatic carbocycles. The van der Waals surface area contributed by atoms with E-state index in [-0.39, 0.29) is 11.1 Å². The van der Waals surface area contributed by atoms with E-state index >= 15 is 0 Å². The first kappa shape index (κ1) is 13.2. The molecule has 0 saturated heterocycles. The van der Waals surface area contributed by atoms with Gasteiger partial charge in [0.15, 0.2) is 0 Å². The molecule has 0 saturated carbocycles. The molecule has 0 spiro atoms. The first-order valence-corrected chi connectivity index (χ1v) is 6.59. The van der Waals surface area contributed by atoms with Gasteiger partial charge in [-0.25, -0.2) is 0 Å². The molecule has 18 heavy (non-hydrogen) atoms. The van der Waals surface area contributed by atoms with Crippen molar-refractivity contribution < 1.29 is 19.8 Å². The SMILES string of the molecule is O=C1Nc2cccc(C(O)C(O)CCBr)c2C1=O. The summed E-state index contributed by atoms with van der Waals surface area (Å²) in [6.07, 6.45) is -1.83. The number of benzene rings is 1. The van der Waals surface area contributed by atoms with Crippen LogP contribution in [0.25, 0.3) is 0 Å². The van der Waals surface area contributed by atoms with E-state index < -0.39 is 23.9 Å². The summed E-state index contributed by atoms with van der Waals surface area (Å²) in [5.41, 5.74) is 0.820. The minimum Gasteiger partial charge on any atom is -0.390 e. The summed E-state index contributed by atoms with van der Waals surface area (Å²) in [5, 5.41) is 22.7. The second-order valence-corrected chi connectivity index (χ2v) is 4.84. The van der Waals surface area contributed by atoms with Crippen LogP contribution < -0.4 is 5.32 Å². The second kappa shape index (κ2) is 5.17. The van der Waals surface area contributed by atoms with Gasteiger partial charge >= 0.3 is 0 Å². The highest BCUT2D eigenvalue weighted by atomic mass is 79.9. The molecule has 5 nitrogen and oxygen atoms in total. The fourth-order valence-electron chi connectivity index (χ4n) is 1.94. The maximum absolute atomic E-state index is 11.7. The predicted molar refractivity (Wildman–Crippen MR) is 68.8 cm³/mol. The Morgan fingerprint density at radius 2 is 2.00 bits per heavy atom. The second-order valence-electron chi connectivity index (χ2n) is 4.04. The number of aliphatic hydroxyl groups excluding tert-OH is 2. The van der Waals surface area contributed by atoms with E-state index in [0.29, 0.717) is 17.4 Å². The van der Waals surface area contributed by atoms with Crippen LogP contribution in [0.15, 0.2) is 18.2 Å². The van der Waals surface area contributed by atoms with Gasteiger partial charge in [-0.1, -0.05) is 28.1 Å². The number of ketones is 1. The largest absolute Gasteiger partial charge is 0.390 e. The van der Waals surface area contributed by atoms with Gasteiger partial charge in [-0.2, -0.15) is 0 Å². The summed E-state index contributed by atoms with van der Waals surface area (Å²) in [6.45, 7) is 0. The van der Waals surface area contributed by atoms with Crippen molar-refractivity contribution >= 4 is 33.3 Å². The third-order valence-electron chi connectivity index (χ3n) is 2.87. The Balaban J connectivity index is 2.39. The Morgan fingerprint density at radius 3 is 2.67 bits per heavy atom. The molecule has 96 valence electrons. The maximum atomic E-state index is 11.7. The van der Waals surface area contributed by atoms with Gasteiger partial charge in [0, 0.05) is 5.33 Å². The monoisotopic (exact) mass is 313 g/mol. The molecule has 1 aromatic rings. The molecule has 6 heteroatoms. The summed E-state index contributed by atoms with van der Waals surface area (Å²) in [6, 6.07) is 4.75. The normalized spacial score (nSPS) is 17.3. The third-order valence-corrected chi connectivity index (χ3v) is 3.32. The average molecular weight is 314 g/mol. The van der Waals surface area contributed by atoms with Crippen molar-refractivity contribution in [2.75, 3.05) is 10.6 Å². The number of carbonyl (C=O) groups excluding carboxylic acids is 2. The number of fused-ring (bicyclic) bond motifs is 1. The number of amides is 1. The number of rotatable bonds is 4. The zero-order valence-electron chi connectivity index (χ0n) is 9.39. The lowest BCUT2D eigenvalue weighted by Crippen LogP contribution is -2.21. The molecule has 1 aliphatic rings. The van der Waals surface area contributed by atoms with Crippen molar-refractivity contribution in [1.82, 2.24) is 0 Å². The number of aliphatic hydroxyl groups is 2. The fourth-order valence-corrected chi connectivity index (χ4v) is 2.41. The number of carbonyl (C=O) groups is 2. The predicted octanol–water partition coefficient (Wildman–Crippen LogP) is 1.00. The van der Waals surface area contributed by atoms with Crippen LogP contribution in [0.5, 0.6) is 0 Å². The summed E-state index contributed by atoms with van der Waals surface area (Å²) >= 11 is 3.17. The summed E-state index contributed by atoms with van der Waals surface area (Å²) in [4.78, 5) is 23.0. The highest BCUT2D eigenvalue weighted by molar-refractivity contribution is 9.09. The average Bonchev–Trinajstić information content (AvgIpc) is 2.64. The van der Waals surface area contributed by atoms with Crippen LogP contribution in [0.2, 0.25) is 0 Å². The first-order chi connectivity index (χ1) is 8.56. The smallest absolute Gasteiger partial charge is 0.296 e. The van der Waals surface area contributed by atoms with Crippen LogP contribution in [0, 0.1) is 0 Å². The molecule has 1 aromatic carbocycles. The van der Waals surface area contributed by atoms with Gasteiger partial charge in [0.05, 0.1) is 17.4 Å². The molecular formula is C12H12BrNO4. The van der Waals surface area contributed by atoms with Crippen molar-refractivity contribution in [2.24, 2.45) is 0 Å². The first-order valence-electron chi connectivity index (χ1n) is 5.47. The Morgan fingerprint density at radius 1 is 1.28 bits per heavy atom. The van der Waals surface area contributed by atoms with Crippen LogP contribution >= 0.6 is 15.9 Å². The standard InChI is InChI=1S/C12H12BrNO4/c13-5-4-8(15)10(16)6-2-1-3-7-9(6)11(17)12(18)14-7/h1-3,8,10,15-16H,4-5H2,(H,14,17,18). The zero-order valence-corrected chi connectivity index (χ0v) is 11.0. The van der Waals surface area contributed by atoms with Crippen molar-refractivity contribution in [2.45, 2.75) is 18.6 Å². The van der Waals surface area contributed by atoms with Crippen molar-refractivity contribution in [1.29, 1.82) is 0 Å². The molecule has 1 amide bonds. The molecule has 2 unspecified atom stereocenters. The maximum Gasteiger partial charge on any atom is 0.296 e. The molecule has 0 fully saturated rings. The van der Waals surface area contributed by atoms with Gasteiger partial charge in [0.2, 0.25) is 0 Å². The zero-order chi connectivity index (χ0) is 13.3. The van der Waals surface area contributed by atoms with Crippen molar-refractivity contribution in [3.05, 3.63) is 29.3 Å². The van der Waals surface area contributed by atoms with Crippen LogP contribution in [-0.2, 0) is 4.79 Å². The Hall–Kier alpha value is -1.24. The summed E-state index contributed by atoms with van der Waals surface area (Å²) in [5.74, 6) is -1.38. The topological polar surface area (TPSA) is 86.6 Å². The number of Topliss-reactive ketones (excluding diaryl/α,β-unsaturated/α-hetero) is 1. The molecule has 1 aliphatic heterocycles. The lowest BCUT2D eigenvalue weighted by atomic mass is 9.95. The number of hydrogen-bond acceptors (Lipinski definition) is 4. The van der Waals surface area contributed by atoms with Crippen molar-refractivity contribution in [3.63, 3.8) is 0 Å². The number of anilines is 1. The minimum absolute atomic E-state index is 0.156. The van der Waals surface area contributed by atoms with Gasteiger partial charge in [-0.3, -0.25) is 9.59 Å². The van der Waals surface area contributed by atoms with E-state index in [0.717, 1.165) is 0 Å². The summed E-state index contributed by atoms with van der Waals surface area (Å²) < 4.78 is 0. The third kappa shape index (κ3) is 2.19. The van der Waals surface area contributed by atoms with E-state index in [9.17, 15) is 19.8 Å². The lowest BCUT2D eigenvalue weighted by Gasteiger charge is -2.19. The number of nitrogens with one attached hydrogen (secondary N) is 1. The Bertz CT molecular complexity index is 503. The molecule has 0 aromatic heterocycles. The van der Waals surface area contributed by atoms with E-state index in [1.54, 1.807) is 18.2 Å². The van der Waals surface area contributed by atoms with Gasteiger partial charge in [-0.05, 0) is 18.1 Å². The molecule has 2 rings (SSSR count). The van der Waals surface area contributed by atoms with E-state index in [1.807, 2.05) is 0 Å².